The summed E-state index contributed by atoms with van der Waals surface area (Å²) in [6.07, 6.45) is 5.56. The van der Waals surface area contributed by atoms with Gasteiger partial charge in [-0.25, -0.2) is 0 Å². The number of aliphatic hydroxyl groups is 1. The van der Waals surface area contributed by atoms with Crippen LogP contribution in [0.25, 0.3) is 0 Å². The minimum atomic E-state index is 0.239. The number of unbranched alkanes of at least 4 members (excludes halogenated alkanes) is 2. The highest BCUT2D eigenvalue weighted by Crippen LogP contribution is 2.20. The van der Waals surface area contributed by atoms with E-state index in [0.717, 1.165) is 51.7 Å². The Kier molecular flexibility index (Phi) is 6.42. The van der Waals surface area contributed by atoms with Crippen molar-refractivity contribution in [2.45, 2.75) is 38.5 Å². The Morgan fingerprint density at radius 1 is 1.38 bits per heavy atom. The number of nitrogens with zero attached hydrogens (tertiary/aromatic N) is 1. The Hall–Kier alpha value is -0.610. The molecule has 94 valence electrons. The van der Waals surface area contributed by atoms with Crippen molar-refractivity contribution in [3.63, 3.8) is 0 Å². The molecule has 1 fully saturated rings. The monoisotopic (exact) mass is 228 g/mol. The lowest BCUT2D eigenvalue weighted by molar-refractivity contribution is -0.130. The summed E-state index contributed by atoms with van der Waals surface area (Å²) >= 11 is 0. The molecule has 0 radical (unpaired) electrons. The first-order valence-corrected chi connectivity index (χ1v) is 6.36. The van der Waals surface area contributed by atoms with Gasteiger partial charge in [0, 0.05) is 26.1 Å². The first kappa shape index (κ1) is 13.5. The van der Waals surface area contributed by atoms with Gasteiger partial charge in [-0.1, -0.05) is 6.42 Å². The van der Waals surface area contributed by atoms with Gasteiger partial charge in [-0.2, -0.15) is 0 Å². The van der Waals surface area contributed by atoms with Crippen LogP contribution >= 0.6 is 0 Å². The fourth-order valence-corrected chi connectivity index (χ4v) is 2.23. The highest BCUT2D eigenvalue weighted by Gasteiger charge is 2.24. The van der Waals surface area contributed by atoms with Crippen LogP contribution in [-0.4, -0.2) is 42.2 Å². The first-order chi connectivity index (χ1) is 7.77. The van der Waals surface area contributed by atoms with Crippen molar-refractivity contribution in [2.75, 3.05) is 26.2 Å². The van der Waals surface area contributed by atoms with Gasteiger partial charge in [0.2, 0.25) is 5.91 Å². The molecule has 1 saturated heterocycles. The van der Waals surface area contributed by atoms with Crippen LogP contribution in [-0.2, 0) is 4.79 Å². The average Bonchev–Trinajstić information content (AvgIpc) is 2.73. The fraction of sp³-hybridized carbons (Fsp3) is 0.917. The summed E-state index contributed by atoms with van der Waals surface area (Å²) in [5, 5.41) is 8.84. The highest BCUT2D eigenvalue weighted by atomic mass is 16.3. The lowest BCUT2D eigenvalue weighted by atomic mass is 10.1. The quantitative estimate of drug-likeness (QED) is 0.631. The zero-order valence-corrected chi connectivity index (χ0v) is 10.0. The van der Waals surface area contributed by atoms with Crippen molar-refractivity contribution in [1.82, 2.24) is 4.90 Å². The van der Waals surface area contributed by atoms with Gasteiger partial charge >= 0.3 is 0 Å². The Bertz CT molecular complexity index is 209. The minimum absolute atomic E-state index is 0.239. The second kappa shape index (κ2) is 7.63. The summed E-state index contributed by atoms with van der Waals surface area (Å²) in [4.78, 5) is 13.7. The van der Waals surface area contributed by atoms with Crippen molar-refractivity contribution in [1.29, 1.82) is 0 Å². The van der Waals surface area contributed by atoms with E-state index in [1.54, 1.807) is 0 Å². The van der Waals surface area contributed by atoms with E-state index in [9.17, 15) is 4.79 Å². The van der Waals surface area contributed by atoms with Crippen LogP contribution in [0.5, 0.6) is 0 Å². The molecule has 4 nitrogen and oxygen atoms in total. The average molecular weight is 228 g/mol. The van der Waals surface area contributed by atoms with Crippen LogP contribution in [0.3, 0.4) is 0 Å². The summed E-state index contributed by atoms with van der Waals surface area (Å²) in [5.41, 5.74) is 5.40. The van der Waals surface area contributed by atoms with Crippen LogP contribution in [0.4, 0.5) is 0 Å². The number of hydrogen-bond donors (Lipinski definition) is 2. The fourth-order valence-electron chi connectivity index (χ4n) is 2.23. The molecule has 0 aliphatic carbocycles. The normalized spacial score (nSPS) is 20.4. The standard InChI is InChI=1S/C12H24N2O2/c13-7-3-1-2-4-12(16)14-8-5-11(10-14)6-9-15/h11,15H,1-10,13H2. The van der Waals surface area contributed by atoms with Gasteiger partial charge in [-0.05, 0) is 38.1 Å². The van der Waals surface area contributed by atoms with Gasteiger partial charge < -0.3 is 15.7 Å². The molecule has 0 bridgehead atoms. The zero-order chi connectivity index (χ0) is 11.8. The van der Waals surface area contributed by atoms with Gasteiger partial charge in [0.05, 0.1) is 0 Å². The van der Waals surface area contributed by atoms with E-state index in [0.29, 0.717) is 12.3 Å². The molecule has 1 rings (SSSR count). The van der Waals surface area contributed by atoms with Gasteiger partial charge in [-0.15, -0.1) is 0 Å². The predicted octanol–water partition coefficient (Wildman–Crippen LogP) is 0.736. The van der Waals surface area contributed by atoms with Gasteiger partial charge in [0.15, 0.2) is 0 Å². The molecule has 3 N–H and O–H groups in total. The molecule has 1 amide bonds. The van der Waals surface area contributed by atoms with Gasteiger partial charge in [0.1, 0.15) is 0 Å². The smallest absolute Gasteiger partial charge is 0.222 e. The maximum Gasteiger partial charge on any atom is 0.222 e. The number of nitrogens with two attached hydrogens (primary N) is 1. The molecular formula is C12H24N2O2. The second-order valence-corrected chi connectivity index (χ2v) is 4.61. The molecule has 0 spiro atoms. The number of carbonyl (C=O) groups is 1. The van der Waals surface area contributed by atoms with Crippen LogP contribution in [0, 0.1) is 5.92 Å². The van der Waals surface area contributed by atoms with E-state index in [2.05, 4.69) is 0 Å². The second-order valence-electron chi connectivity index (χ2n) is 4.61. The molecule has 1 heterocycles. The van der Waals surface area contributed by atoms with Gasteiger partial charge in [0.25, 0.3) is 0 Å². The van der Waals surface area contributed by atoms with Crippen molar-refractivity contribution >= 4 is 5.91 Å². The highest BCUT2D eigenvalue weighted by molar-refractivity contribution is 5.76. The Morgan fingerprint density at radius 3 is 2.88 bits per heavy atom. The van der Waals surface area contributed by atoms with Crippen LogP contribution in [0.2, 0.25) is 0 Å². The van der Waals surface area contributed by atoms with Crippen LogP contribution in [0.15, 0.2) is 0 Å². The van der Waals surface area contributed by atoms with E-state index in [-0.39, 0.29) is 12.5 Å². The van der Waals surface area contributed by atoms with E-state index in [1.165, 1.54) is 0 Å². The molecule has 4 heteroatoms. The van der Waals surface area contributed by atoms with E-state index in [1.807, 2.05) is 4.90 Å². The van der Waals surface area contributed by atoms with Crippen molar-refractivity contribution < 1.29 is 9.90 Å². The molecule has 0 aromatic rings. The molecule has 0 aromatic carbocycles. The Labute approximate surface area is 97.8 Å². The predicted molar refractivity (Wildman–Crippen MR) is 63.9 cm³/mol. The molecule has 1 unspecified atom stereocenters. The van der Waals surface area contributed by atoms with E-state index < -0.39 is 0 Å². The third-order valence-electron chi connectivity index (χ3n) is 3.27. The third-order valence-corrected chi connectivity index (χ3v) is 3.27. The summed E-state index contributed by atoms with van der Waals surface area (Å²) in [6.45, 7) is 2.68. The molecular weight excluding hydrogens is 204 g/mol. The number of aliphatic hydroxyl groups excluding tert-OH is 1. The lowest BCUT2D eigenvalue weighted by Crippen LogP contribution is -2.28. The Morgan fingerprint density at radius 2 is 2.19 bits per heavy atom. The van der Waals surface area contributed by atoms with Crippen LogP contribution < -0.4 is 5.73 Å². The maximum absolute atomic E-state index is 11.8. The van der Waals surface area contributed by atoms with Crippen molar-refractivity contribution in [3.8, 4) is 0 Å². The third kappa shape index (κ3) is 4.49. The zero-order valence-electron chi connectivity index (χ0n) is 10.0. The molecule has 0 aromatic heterocycles. The Balaban J connectivity index is 2.13. The molecule has 1 aliphatic rings. The number of rotatable bonds is 7. The molecule has 1 atom stereocenters. The summed E-state index contributed by atoms with van der Waals surface area (Å²) in [5.74, 6) is 0.787. The lowest BCUT2D eigenvalue weighted by Gasteiger charge is -2.16. The van der Waals surface area contributed by atoms with E-state index >= 15 is 0 Å². The maximum atomic E-state index is 11.8. The van der Waals surface area contributed by atoms with E-state index in [4.69, 9.17) is 10.8 Å². The molecule has 1 aliphatic heterocycles. The van der Waals surface area contributed by atoms with Crippen molar-refractivity contribution in [2.24, 2.45) is 11.7 Å². The summed E-state index contributed by atoms with van der Waals surface area (Å²) < 4.78 is 0. The molecule has 0 saturated carbocycles. The number of carbonyl (C=O) groups excluding carboxylic acids is 1. The van der Waals surface area contributed by atoms with Crippen molar-refractivity contribution in [3.05, 3.63) is 0 Å². The van der Waals surface area contributed by atoms with Gasteiger partial charge in [-0.3, -0.25) is 4.79 Å². The number of likely N-dealkylation sites (tertiary alicyclic amines) is 1. The first-order valence-electron chi connectivity index (χ1n) is 6.36. The minimum Gasteiger partial charge on any atom is -0.396 e. The largest absolute Gasteiger partial charge is 0.396 e. The molecule has 16 heavy (non-hydrogen) atoms. The summed E-state index contributed by atoms with van der Waals surface area (Å²) in [6, 6.07) is 0. The topological polar surface area (TPSA) is 66.6 Å². The number of amides is 1. The SMILES string of the molecule is NCCCCCC(=O)N1CCC(CCO)C1. The summed E-state index contributed by atoms with van der Waals surface area (Å²) in [7, 11) is 0. The van der Waals surface area contributed by atoms with Crippen LogP contribution in [0.1, 0.15) is 38.5 Å². The number of hydrogen-bond acceptors (Lipinski definition) is 3.